The van der Waals surface area contributed by atoms with Crippen LogP contribution >= 0.6 is 0 Å². The highest BCUT2D eigenvalue weighted by Gasteiger charge is 2.10. The third-order valence-electron chi connectivity index (χ3n) is 1.26. The Labute approximate surface area is 78.1 Å². The summed E-state index contributed by atoms with van der Waals surface area (Å²) in [6.07, 6.45) is 1.22. The summed E-state index contributed by atoms with van der Waals surface area (Å²) in [4.78, 5) is 30.1. The van der Waals surface area contributed by atoms with E-state index in [1.807, 2.05) is 20.8 Å². The first kappa shape index (κ1) is 11.9. The van der Waals surface area contributed by atoms with Gasteiger partial charge in [-0.05, 0) is 12.3 Å². The van der Waals surface area contributed by atoms with Crippen LogP contribution in [0.5, 0.6) is 0 Å². The minimum atomic E-state index is -0.501. The smallest absolute Gasteiger partial charge is 0.247 e. The summed E-state index contributed by atoms with van der Waals surface area (Å²) in [5, 5.41) is 0. The highest BCUT2D eigenvalue weighted by Crippen LogP contribution is 2.02. The lowest BCUT2D eigenvalue weighted by Gasteiger charge is -2.03. The zero-order chi connectivity index (χ0) is 10.3. The van der Waals surface area contributed by atoms with E-state index in [-0.39, 0.29) is 18.8 Å². The molecule has 0 rings (SSSR count). The van der Waals surface area contributed by atoms with E-state index in [1.165, 1.54) is 0 Å². The second kappa shape index (κ2) is 6.46. The van der Waals surface area contributed by atoms with Gasteiger partial charge in [-0.1, -0.05) is 20.8 Å². The summed E-state index contributed by atoms with van der Waals surface area (Å²) in [5.41, 5.74) is 0. The molecular weight excluding hydrogens is 172 g/mol. The molecule has 0 saturated carbocycles. The molecule has 0 aromatic heterocycles. The van der Waals surface area contributed by atoms with Gasteiger partial charge in [0.1, 0.15) is 0 Å². The molecule has 4 heteroatoms. The lowest BCUT2D eigenvalue weighted by Crippen LogP contribution is -2.12. The van der Waals surface area contributed by atoms with Crippen molar-refractivity contribution < 1.29 is 19.4 Å². The van der Waals surface area contributed by atoms with Gasteiger partial charge in [0.05, 0.1) is 6.42 Å². The van der Waals surface area contributed by atoms with E-state index >= 15 is 0 Å². The molecule has 0 saturated heterocycles. The standard InChI is InChI=1S/C9H16O4/c1-4-5-8(10)12-13-9(11)6-7(2)3/h7H,4-6H2,1-3H3. The first-order chi connectivity index (χ1) is 6.06. The van der Waals surface area contributed by atoms with Crippen LogP contribution in [0.1, 0.15) is 40.0 Å². The van der Waals surface area contributed by atoms with Crippen LogP contribution in [-0.2, 0) is 19.4 Å². The number of rotatable bonds is 4. The maximum absolute atomic E-state index is 10.9. The molecule has 4 nitrogen and oxygen atoms in total. The molecule has 0 aromatic rings. The fourth-order valence-corrected chi connectivity index (χ4v) is 0.706. The molecule has 0 aliphatic heterocycles. The van der Waals surface area contributed by atoms with Crippen molar-refractivity contribution in [2.75, 3.05) is 0 Å². The molecule has 13 heavy (non-hydrogen) atoms. The van der Waals surface area contributed by atoms with Crippen molar-refractivity contribution >= 4 is 11.9 Å². The summed E-state index contributed by atoms with van der Waals surface area (Å²) in [5.74, 6) is -0.795. The van der Waals surface area contributed by atoms with Crippen LogP contribution in [0.25, 0.3) is 0 Å². The van der Waals surface area contributed by atoms with Gasteiger partial charge in [0.25, 0.3) is 0 Å². The summed E-state index contributed by atoms with van der Waals surface area (Å²) in [6.45, 7) is 5.61. The van der Waals surface area contributed by atoms with Gasteiger partial charge in [-0.2, -0.15) is 0 Å². The van der Waals surface area contributed by atoms with Crippen LogP contribution < -0.4 is 0 Å². The lowest BCUT2D eigenvalue weighted by molar-refractivity contribution is -0.259. The zero-order valence-corrected chi connectivity index (χ0v) is 8.33. The Hall–Kier alpha value is -1.06. The summed E-state index contributed by atoms with van der Waals surface area (Å²) >= 11 is 0. The van der Waals surface area contributed by atoms with Gasteiger partial charge < -0.3 is 0 Å². The van der Waals surface area contributed by atoms with Crippen molar-refractivity contribution in [1.82, 2.24) is 0 Å². The van der Waals surface area contributed by atoms with Crippen LogP contribution in [0.4, 0.5) is 0 Å². The van der Waals surface area contributed by atoms with Gasteiger partial charge in [0.15, 0.2) is 0 Å². The maximum Gasteiger partial charge on any atom is 0.355 e. The van der Waals surface area contributed by atoms with E-state index in [4.69, 9.17) is 0 Å². The Morgan fingerprint density at radius 2 is 1.69 bits per heavy atom. The minimum Gasteiger partial charge on any atom is -0.247 e. The minimum absolute atomic E-state index is 0.206. The van der Waals surface area contributed by atoms with Crippen molar-refractivity contribution in [3.8, 4) is 0 Å². The van der Waals surface area contributed by atoms with Crippen molar-refractivity contribution in [3.05, 3.63) is 0 Å². The Bertz CT molecular complexity index is 174. The molecule has 0 spiro atoms. The van der Waals surface area contributed by atoms with Crippen molar-refractivity contribution in [2.24, 2.45) is 5.92 Å². The van der Waals surface area contributed by atoms with Crippen LogP contribution in [0, 0.1) is 5.92 Å². The van der Waals surface area contributed by atoms with Crippen molar-refractivity contribution in [2.45, 2.75) is 40.0 Å². The zero-order valence-electron chi connectivity index (χ0n) is 8.33. The first-order valence-electron chi connectivity index (χ1n) is 4.46. The molecule has 0 heterocycles. The Morgan fingerprint density at radius 1 is 1.15 bits per heavy atom. The largest absolute Gasteiger partial charge is 0.355 e. The SMILES string of the molecule is CCCC(=O)OOC(=O)CC(C)C. The summed E-state index contributed by atoms with van der Waals surface area (Å²) < 4.78 is 0. The molecule has 0 amide bonds. The van der Waals surface area contributed by atoms with Gasteiger partial charge in [0.2, 0.25) is 0 Å². The molecular formula is C9H16O4. The molecule has 0 aliphatic carbocycles. The van der Waals surface area contributed by atoms with Gasteiger partial charge >= 0.3 is 11.9 Å². The molecule has 0 aromatic carbocycles. The highest BCUT2D eigenvalue weighted by molar-refractivity contribution is 5.72. The van der Waals surface area contributed by atoms with Crippen LogP contribution in [0.15, 0.2) is 0 Å². The topological polar surface area (TPSA) is 52.6 Å². The molecule has 0 fully saturated rings. The van der Waals surface area contributed by atoms with E-state index in [0.717, 1.165) is 0 Å². The Morgan fingerprint density at radius 3 is 2.15 bits per heavy atom. The summed E-state index contributed by atoms with van der Waals surface area (Å²) in [7, 11) is 0. The molecule has 0 bridgehead atoms. The predicted molar refractivity (Wildman–Crippen MR) is 46.5 cm³/mol. The van der Waals surface area contributed by atoms with Gasteiger partial charge in [-0.3, -0.25) is 0 Å². The molecule has 0 unspecified atom stereocenters. The summed E-state index contributed by atoms with van der Waals surface area (Å²) in [6, 6.07) is 0. The highest BCUT2D eigenvalue weighted by atomic mass is 17.2. The Balaban J connectivity index is 3.52. The van der Waals surface area contributed by atoms with Crippen molar-refractivity contribution in [3.63, 3.8) is 0 Å². The lowest BCUT2D eigenvalue weighted by atomic mass is 10.1. The van der Waals surface area contributed by atoms with Gasteiger partial charge in [0, 0.05) is 6.42 Å². The molecule has 76 valence electrons. The van der Waals surface area contributed by atoms with E-state index in [2.05, 4.69) is 9.78 Å². The number of carbonyl (C=O) groups excluding carboxylic acids is 2. The first-order valence-corrected chi connectivity index (χ1v) is 4.46. The predicted octanol–water partition coefficient (Wildman–Crippen LogP) is 1.83. The van der Waals surface area contributed by atoms with Crippen LogP contribution in [0.3, 0.4) is 0 Å². The number of hydrogen-bond donors (Lipinski definition) is 0. The second-order valence-corrected chi connectivity index (χ2v) is 3.26. The molecule has 0 N–H and O–H groups in total. The van der Waals surface area contributed by atoms with E-state index in [9.17, 15) is 9.59 Å². The quantitative estimate of drug-likeness (QED) is 0.499. The molecule has 0 atom stereocenters. The van der Waals surface area contributed by atoms with E-state index in [0.29, 0.717) is 6.42 Å². The fourth-order valence-electron chi connectivity index (χ4n) is 0.706. The number of carbonyl (C=O) groups is 2. The van der Waals surface area contributed by atoms with Gasteiger partial charge in [-0.15, -0.1) is 0 Å². The van der Waals surface area contributed by atoms with Crippen molar-refractivity contribution in [1.29, 1.82) is 0 Å². The second-order valence-electron chi connectivity index (χ2n) is 3.26. The van der Waals surface area contributed by atoms with E-state index < -0.39 is 11.9 Å². The third-order valence-corrected chi connectivity index (χ3v) is 1.26. The molecule has 0 radical (unpaired) electrons. The maximum atomic E-state index is 10.9. The van der Waals surface area contributed by atoms with Crippen LogP contribution in [0.2, 0.25) is 0 Å². The van der Waals surface area contributed by atoms with Crippen LogP contribution in [-0.4, -0.2) is 11.9 Å². The average molecular weight is 188 g/mol. The van der Waals surface area contributed by atoms with Gasteiger partial charge in [-0.25, -0.2) is 19.4 Å². The monoisotopic (exact) mass is 188 g/mol. The van der Waals surface area contributed by atoms with E-state index in [1.54, 1.807) is 0 Å². The fraction of sp³-hybridized carbons (Fsp3) is 0.778. The number of hydrogen-bond acceptors (Lipinski definition) is 4. The Kier molecular flexibility index (Phi) is 5.93. The molecule has 0 aliphatic rings. The normalized spacial score (nSPS) is 9.85. The third kappa shape index (κ3) is 7.31. The average Bonchev–Trinajstić information content (AvgIpc) is 2.00.